The molecule has 1 aromatic carbocycles. The molecule has 0 atom stereocenters. The Morgan fingerprint density at radius 2 is 1.79 bits per heavy atom. The minimum Gasteiger partial charge on any atom is -0.491 e. The highest BCUT2D eigenvalue weighted by Gasteiger charge is 2.02. The summed E-state index contributed by atoms with van der Waals surface area (Å²) in [6, 6.07) is 7.45. The number of benzene rings is 1. The maximum Gasteiger partial charge on any atom is 0.119 e. The van der Waals surface area contributed by atoms with Crippen LogP contribution in [0.3, 0.4) is 0 Å². The fourth-order valence-electron chi connectivity index (χ4n) is 1.54. The summed E-state index contributed by atoms with van der Waals surface area (Å²) in [4.78, 5) is 0. The monoisotopic (exact) mass is 267 g/mol. The van der Waals surface area contributed by atoms with Crippen LogP contribution in [0, 0.1) is 0 Å². The maximum absolute atomic E-state index is 8.82. The second kappa shape index (κ2) is 9.35. The molecule has 5 nitrogen and oxygen atoms in total. The van der Waals surface area contributed by atoms with Gasteiger partial charge in [-0.25, -0.2) is 0 Å². The Kier molecular flexibility index (Phi) is 7.62. The molecule has 1 rings (SSSR count). The summed E-state index contributed by atoms with van der Waals surface area (Å²) in [6.07, 6.45) is 0.685. The van der Waals surface area contributed by atoms with Crippen LogP contribution in [0.15, 0.2) is 29.4 Å². The molecule has 5 heteroatoms. The lowest BCUT2D eigenvalue weighted by atomic mass is 10.1. The molecule has 1 N–H and O–H groups in total. The third-order valence-electron chi connectivity index (χ3n) is 2.57. The van der Waals surface area contributed by atoms with Crippen LogP contribution < -0.4 is 4.74 Å². The van der Waals surface area contributed by atoms with Crippen LogP contribution in [0.25, 0.3) is 0 Å². The number of nitrogens with zero attached hydrogens (tertiary/aromatic N) is 1. The van der Waals surface area contributed by atoms with Crippen molar-refractivity contribution in [2.24, 2.45) is 5.16 Å². The predicted molar refractivity (Wildman–Crippen MR) is 73.2 cm³/mol. The van der Waals surface area contributed by atoms with Crippen molar-refractivity contribution in [1.29, 1.82) is 0 Å². The Morgan fingerprint density at radius 3 is 2.37 bits per heavy atom. The minimum absolute atomic E-state index is 0.498. The molecule has 1 aromatic rings. The summed E-state index contributed by atoms with van der Waals surface area (Å²) < 4.78 is 15.7. The first-order valence-corrected chi connectivity index (χ1v) is 6.32. The third-order valence-corrected chi connectivity index (χ3v) is 2.57. The minimum atomic E-state index is 0.498. The fraction of sp³-hybridized carbons (Fsp3) is 0.500. The van der Waals surface area contributed by atoms with Crippen LogP contribution in [0.1, 0.15) is 18.9 Å². The Balaban J connectivity index is 2.32. The average molecular weight is 267 g/mol. The van der Waals surface area contributed by atoms with E-state index in [9.17, 15) is 0 Å². The summed E-state index contributed by atoms with van der Waals surface area (Å²) in [5.41, 5.74) is 1.56. The molecule has 0 aliphatic heterocycles. The van der Waals surface area contributed by atoms with E-state index in [1.165, 1.54) is 0 Å². The molecule has 0 unspecified atom stereocenters. The van der Waals surface area contributed by atoms with E-state index in [1.54, 1.807) is 7.11 Å². The van der Waals surface area contributed by atoms with Gasteiger partial charge in [0.15, 0.2) is 0 Å². The molecule has 0 fully saturated rings. The lowest BCUT2D eigenvalue weighted by Gasteiger charge is -2.08. The van der Waals surface area contributed by atoms with Gasteiger partial charge in [-0.1, -0.05) is 12.1 Å². The van der Waals surface area contributed by atoms with Crippen molar-refractivity contribution in [3.8, 4) is 5.75 Å². The van der Waals surface area contributed by atoms with Gasteiger partial charge in [0, 0.05) is 7.11 Å². The number of rotatable bonds is 9. The number of oxime groups is 1. The second-order valence-corrected chi connectivity index (χ2v) is 3.88. The van der Waals surface area contributed by atoms with E-state index in [2.05, 4.69) is 5.16 Å². The molecule has 0 aliphatic carbocycles. The van der Waals surface area contributed by atoms with Crippen molar-refractivity contribution in [3.63, 3.8) is 0 Å². The van der Waals surface area contributed by atoms with Gasteiger partial charge in [0.05, 0.1) is 25.5 Å². The predicted octanol–water partition coefficient (Wildman–Crippen LogP) is 2.32. The highest BCUT2D eigenvalue weighted by Crippen LogP contribution is 2.13. The smallest absolute Gasteiger partial charge is 0.119 e. The molecule has 106 valence electrons. The topological polar surface area (TPSA) is 60.3 Å². The molecule has 0 saturated heterocycles. The Hall–Kier alpha value is -1.59. The summed E-state index contributed by atoms with van der Waals surface area (Å²) in [5.74, 6) is 0.771. The molecule has 0 amide bonds. The first-order valence-electron chi connectivity index (χ1n) is 6.32. The zero-order valence-corrected chi connectivity index (χ0v) is 11.5. The van der Waals surface area contributed by atoms with Crippen molar-refractivity contribution >= 4 is 5.71 Å². The van der Waals surface area contributed by atoms with E-state index in [0.29, 0.717) is 38.6 Å². The van der Waals surface area contributed by atoms with E-state index in [-0.39, 0.29) is 0 Å². The van der Waals surface area contributed by atoms with Gasteiger partial charge in [-0.15, -0.1) is 0 Å². The average Bonchev–Trinajstić information content (AvgIpc) is 2.45. The van der Waals surface area contributed by atoms with Gasteiger partial charge in [-0.3, -0.25) is 0 Å². The van der Waals surface area contributed by atoms with E-state index in [1.807, 2.05) is 31.2 Å². The van der Waals surface area contributed by atoms with Gasteiger partial charge in [-0.05, 0) is 36.2 Å². The molecule has 0 aromatic heterocycles. The SMILES string of the molecule is CCC(=NO)c1ccc(OCCOCCOC)cc1. The standard InChI is InChI=1S/C14H21NO4/c1-3-14(15-16)12-4-6-13(7-5-12)19-11-10-18-9-8-17-2/h4-7,16H,3,8-11H2,1-2H3. The van der Waals surface area contributed by atoms with Crippen molar-refractivity contribution in [2.75, 3.05) is 33.5 Å². The van der Waals surface area contributed by atoms with Gasteiger partial charge in [0.1, 0.15) is 12.4 Å². The number of ether oxygens (including phenoxy) is 3. The molecule has 0 radical (unpaired) electrons. The zero-order valence-electron chi connectivity index (χ0n) is 11.5. The Labute approximate surface area is 113 Å². The highest BCUT2D eigenvalue weighted by atomic mass is 16.5. The second-order valence-electron chi connectivity index (χ2n) is 3.88. The van der Waals surface area contributed by atoms with Crippen molar-refractivity contribution < 1.29 is 19.4 Å². The number of hydrogen-bond acceptors (Lipinski definition) is 5. The lowest BCUT2D eigenvalue weighted by molar-refractivity contribution is 0.0544. The van der Waals surface area contributed by atoms with Crippen LogP contribution in [0.2, 0.25) is 0 Å². The first kappa shape index (κ1) is 15.5. The molecule has 0 heterocycles. The molecule has 0 aliphatic rings. The van der Waals surface area contributed by atoms with Gasteiger partial charge < -0.3 is 19.4 Å². The molecular weight excluding hydrogens is 246 g/mol. The van der Waals surface area contributed by atoms with E-state index >= 15 is 0 Å². The fourth-order valence-corrected chi connectivity index (χ4v) is 1.54. The molecule has 0 spiro atoms. The van der Waals surface area contributed by atoms with E-state index < -0.39 is 0 Å². The van der Waals surface area contributed by atoms with E-state index in [4.69, 9.17) is 19.4 Å². The van der Waals surface area contributed by atoms with Crippen LogP contribution in [0.4, 0.5) is 0 Å². The van der Waals surface area contributed by atoms with Crippen molar-refractivity contribution in [2.45, 2.75) is 13.3 Å². The quantitative estimate of drug-likeness (QED) is 0.323. The molecule has 0 bridgehead atoms. The van der Waals surface area contributed by atoms with Crippen LogP contribution in [-0.4, -0.2) is 44.5 Å². The summed E-state index contributed by atoms with van der Waals surface area (Å²) >= 11 is 0. The van der Waals surface area contributed by atoms with Gasteiger partial charge in [0.25, 0.3) is 0 Å². The van der Waals surface area contributed by atoms with Crippen LogP contribution in [0.5, 0.6) is 5.75 Å². The number of hydrogen-bond donors (Lipinski definition) is 1. The Morgan fingerprint density at radius 1 is 1.11 bits per heavy atom. The normalized spacial score (nSPS) is 11.6. The Bertz CT molecular complexity index is 376. The van der Waals surface area contributed by atoms with Crippen LogP contribution >= 0.6 is 0 Å². The van der Waals surface area contributed by atoms with Crippen molar-refractivity contribution in [1.82, 2.24) is 0 Å². The highest BCUT2D eigenvalue weighted by molar-refractivity contribution is 6.00. The third kappa shape index (κ3) is 5.72. The summed E-state index contributed by atoms with van der Waals surface area (Å²) in [6.45, 7) is 4.14. The van der Waals surface area contributed by atoms with Gasteiger partial charge in [0.2, 0.25) is 0 Å². The first-order chi connectivity index (χ1) is 9.31. The van der Waals surface area contributed by atoms with E-state index in [0.717, 1.165) is 11.3 Å². The van der Waals surface area contributed by atoms with Gasteiger partial charge >= 0.3 is 0 Å². The molecule has 0 saturated carbocycles. The molecule has 19 heavy (non-hydrogen) atoms. The maximum atomic E-state index is 8.82. The van der Waals surface area contributed by atoms with Crippen LogP contribution in [-0.2, 0) is 9.47 Å². The number of methoxy groups -OCH3 is 1. The zero-order chi connectivity index (χ0) is 13.9. The lowest BCUT2D eigenvalue weighted by Crippen LogP contribution is -2.10. The summed E-state index contributed by atoms with van der Waals surface area (Å²) in [7, 11) is 1.64. The molecular formula is C14H21NO4. The van der Waals surface area contributed by atoms with Gasteiger partial charge in [-0.2, -0.15) is 0 Å². The summed E-state index contributed by atoms with van der Waals surface area (Å²) in [5, 5.41) is 12.1. The van der Waals surface area contributed by atoms with Crippen molar-refractivity contribution in [3.05, 3.63) is 29.8 Å². The largest absolute Gasteiger partial charge is 0.491 e.